The zero-order chi connectivity index (χ0) is 24.8. The first-order chi connectivity index (χ1) is 16.9. The van der Waals surface area contributed by atoms with Crippen LogP contribution in [0.3, 0.4) is 0 Å². The fourth-order valence-electron chi connectivity index (χ4n) is 5.61. The number of carbonyl (C=O) groups is 2. The molecule has 2 atom stereocenters. The summed E-state index contributed by atoms with van der Waals surface area (Å²) in [7, 11) is 0. The standard InChI is InChI=1S/C29H38FN3O2/c1-20-8-6-7-11-25(20)21(2)28(34)32-26(18-22-9-4-3-5-10-22)29(35)31-15-17-33-16-14-23-19-24(30)12-13-27(23)33/h6-8,11-13,19,21-22,26H,3-5,9-10,14-18H2,1-2H3,(H,31,35)(H,32,34). The Labute approximate surface area is 208 Å². The van der Waals surface area contributed by atoms with Crippen molar-refractivity contribution in [3.63, 3.8) is 0 Å². The van der Waals surface area contributed by atoms with Crippen LogP contribution >= 0.6 is 0 Å². The quantitative estimate of drug-likeness (QED) is 0.539. The number of rotatable bonds is 9. The van der Waals surface area contributed by atoms with Crippen LogP contribution < -0.4 is 15.5 Å². The van der Waals surface area contributed by atoms with Gasteiger partial charge in [-0.3, -0.25) is 9.59 Å². The van der Waals surface area contributed by atoms with Crippen molar-refractivity contribution in [3.05, 3.63) is 65.0 Å². The molecule has 1 heterocycles. The Morgan fingerprint density at radius 1 is 1.09 bits per heavy atom. The van der Waals surface area contributed by atoms with E-state index in [9.17, 15) is 14.0 Å². The Morgan fingerprint density at radius 2 is 1.86 bits per heavy atom. The van der Waals surface area contributed by atoms with Gasteiger partial charge in [-0.1, -0.05) is 56.4 Å². The second kappa shape index (κ2) is 11.7. The van der Waals surface area contributed by atoms with Gasteiger partial charge in [-0.15, -0.1) is 0 Å². The first-order valence-corrected chi connectivity index (χ1v) is 13.1. The average Bonchev–Trinajstić information content (AvgIpc) is 3.25. The molecule has 0 saturated heterocycles. The van der Waals surface area contributed by atoms with Gasteiger partial charge in [0.2, 0.25) is 11.8 Å². The molecular formula is C29H38FN3O2. The van der Waals surface area contributed by atoms with Crippen LogP contribution in [0.1, 0.15) is 68.1 Å². The second-order valence-electron chi connectivity index (χ2n) is 10.2. The molecule has 0 bridgehead atoms. The van der Waals surface area contributed by atoms with E-state index in [1.54, 1.807) is 6.07 Å². The third-order valence-corrected chi connectivity index (χ3v) is 7.69. The minimum atomic E-state index is -0.531. The number of fused-ring (bicyclic) bond motifs is 1. The molecule has 2 unspecified atom stereocenters. The van der Waals surface area contributed by atoms with E-state index >= 15 is 0 Å². The van der Waals surface area contributed by atoms with E-state index in [0.29, 0.717) is 25.4 Å². The molecular weight excluding hydrogens is 441 g/mol. The molecule has 0 radical (unpaired) electrons. The second-order valence-corrected chi connectivity index (χ2v) is 10.2. The lowest BCUT2D eigenvalue weighted by Gasteiger charge is -2.28. The van der Waals surface area contributed by atoms with Gasteiger partial charge >= 0.3 is 0 Å². The van der Waals surface area contributed by atoms with Gasteiger partial charge in [-0.25, -0.2) is 4.39 Å². The van der Waals surface area contributed by atoms with Crippen LogP contribution in [0.25, 0.3) is 0 Å². The van der Waals surface area contributed by atoms with Crippen LogP contribution in [-0.2, 0) is 16.0 Å². The fourth-order valence-corrected chi connectivity index (χ4v) is 5.61. The van der Waals surface area contributed by atoms with Crippen LogP contribution in [-0.4, -0.2) is 37.5 Å². The highest BCUT2D eigenvalue weighted by Crippen LogP contribution is 2.29. The van der Waals surface area contributed by atoms with Crippen molar-refractivity contribution in [2.45, 2.75) is 70.8 Å². The van der Waals surface area contributed by atoms with E-state index in [1.807, 2.05) is 44.2 Å². The van der Waals surface area contributed by atoms with E-state index in [2.05, 4.69) is 15.5 Å². The van der Waals surface area contributed by atoms with E-state index in [1.165, 1.54) is 25.3 Å². The third kappa shape index (κ3) is 6.41. The molecule has 2 N–H and O–H groups in total. The molecule has 2 amide bonds. The van der Waals surface area contributed by atoms with Crippen LogP contribution in [0.15, 0.2) is 42.5 Å². The van der Waals surface area contributed by atoms with Crippen molar-refractivity contribution in [3.8, 4) is 0 Å². The van der Waals surface area contributed by atoms with Gasteiger partial charge in [0.25, 0.3) is 0 Å². The van der Waals surface area contributed by atoms with Gasteiger partial charge in [0.05, 0.1) is 5.92 Å². The highest BCUT2D eigenvalue weighted by atomic mass is 19.1. The summed E-state index contributed by atoms with van der Waals surface area (Å²) in [6.07, 6.45) is 7.39. The zero-order valence-corrected chi connectivity index (χ0v) is 21.0. The summed E-state index contributed by atoms with van der Waals surface area (Å²) >= 11 is 0. The predicted molar refractivity (Wildman–Crippen MR) is 138 cm³/mol. The molecule has 1 fully saturated rings. The number of carbonyl (C=O) groups excluding carboxylic acids is 2. The molecule has 1 saturated carbocycles. The molecule has 188 valence electrons. The summed E-state index contributed by atoms with van der Waals surface area (Å²) in [5, 5.41) is 6.15. The largest absolute Gasteiger partial charge is 0.369 e. The number of nitrogens with zero attached hydrogens (tertiary/aromatic N) is 1. The summed E-state index contributed by atoms with van der Waals surface area (Å²) < 4.78 is 13.5. The first kappa shape index (κ1) is 25.2. The fraction of sp³-hybridized carbons (Fsp3) is 0.517. The lowest BCUT2D eigenvalue weighted by atomic mass is 9.84. The van der Waals surface area contributed by atoms with Gasteiger partial charge in [0.15, 0.2) is 0 Å². The Kier molecular flexibility index (Phi) is 8.42. The van der Waals surface area contributed by atoms with Gasteiger partial charge in [0.1, 0.15) is 11.9 Å². The summed E-state index contributed by atoms with van der Waals surface area (Å²) in [5.74, 6) is -0.279. The molecule has 0 spiro atoms. The van der Waals surface area contributed by atoms with Crippen molar-refractivity contribution in [1.29, 1.82) is 0 Å². The van der Waals surface area contributed by atoms with Gasteiger partial charge < -0.3 is 15.5 Å². The SMILES string of the molecule is Cc1ccccc1C(C)C(=O)NC(CC1CCCCC1)C(=O)NCCN1CCc2cc(F)ccc21. The maximum atomic E-state index is 13.5. The Balaban J connectivity index is 1.37. The smallest absolute Gasteiger partial charge is 0.242 e. The van der Waals surface area contributed by atoms with E-state index in [-0.39, 0.29) is 23.5 Å². The van der Waals surface area contributed by atoms with Crippen LogP contribution in [0.2, 0.25) is 0 Å². The summed E-state index contributed by atoms with van der Waals surface area (Å²) in [6, 6.07) is 12.3. The molecule has 6 heteroatoms. The third-order valence-electron chi connectivity index (χ3n) is 7.69. The molecule has 1 aliphatic carbocycles. The molecule has 1 aliphatic heterocycles. The number of hydrogen-bond acceptors (Lipinski definition) is 3. The predicted octanol–water partition coefficient (Wildman–Crippen LogP) is 4.87. The number of amides is 2. The Hall–Kier alpha value is -2.89. The highest BCUT2D eigenvalue weighted by molar-refractivity contribution is 5.90. The van der Waals surface area contributed by atoms with Crippen LogP contribution in [0.4, 0.5) is 10.1 Å². The van der Waals surface area contributed by atoms with Crippen molar-refractivity contribution < 1.29 is 14.0 Å². The van der Waals surface area contributed by atoms with Gasteiger partial charge in [-0.05, 0) is 67.5 Å². The summed E-state index contributed by atoms with van der Waals surface area (Å²) in [6.45, 7) is 5.88. The maximum Gasteiger partial charge on any atom is 0.242 e. The number of hydrogen-bond donors (Lipinski definition) is 2. The summed E-state index contributed by atoms with van der Waals surface area (Å²) in [4.78, 5) is 28.6. The molecule has 2 aromatic carbocycles. The monoisotopic (exact) mass is 479 g/mol. The number of halogens is 1. The Bertz CT molecular complexity index is 1030. The van der Waals surface area contributed by atoms with Crippen molar-refractivity contribution in [2.75, 3.05) is 24.5 Å². The van der Waals surface area contributed by atoms with Crippen molar-refractivity contribution in [1.82, 2.24) is 10.6 Å². The molecule has 5 nitrogen and oxygen atoms in total. The van der Waals surface area contributed by atoms with Gasteiger partial charge in [0, 0.05) is 25.3 Å². The highest BCUT2D eigenvalue weighted by Gasteiger charge is 2.28. The zero-order valence-electron chi connectivity index (χ0n) is 21.0. The van der Waals surface area contributed by atoms with Crippen LogP contribution in [0, 0.1) is 18.7 Å². The minimum Gasteiger partial charge on any atom is -0.369 e. The van der Waals surface area contributed by atoms with Crippen molar-refractivity contribution in [2.24, 2.45) is 5.92 Å². The molecule has 2 aromatic rings. The first-order valence-electron chi connectivity index (χ1n) is 13.1. The lowest BCUT2D eigenvalue weighted by Crippen LogP contribution is -2.50. The molecule has 2 aliphatic rings. The molecule has 4 rings (SSSR count). The number of anilines is 1. The summed E-state index contributed by atoms with van der Waals surface area (Å²) in [5.41, 5.74) is 4.13. The molecule has 35 heavy (non-hydrogen) atoms. The normalized spacial score (nSPS) is 17.5. The van der Waals surface area contributed by atoms with E-state index in [4.69, 9.17) is 0 Å². The number of nitrogens with one attached hydrogen (secondary N) is 2. The average molecular weight is 480 g/mol. The maximum absolute atomic E-state index is 13.5. The van der Waals surface area contributed by atoms with Gasteiger partial charge in [-0.2, -0.15) is 0 Å². The Morgan fingerprint density at radius 3 is 2.63 bits per heavy atom. The minimum absolute atomic E-state index is 0.106. The van der Waals surface area contributed by atoms with Crippen molar-refractivity contribution >= 4 is 17.5 Å². The van der Waals surface area contributed by atoms with E-state index < -0.39 is 6.04 Å². The van der Waals surface area contributed by atoms with Crippen LogP contribution in [0.5, 0.6) is 0 Å². The number of benzene rings is 2. The lowest BCUT2D eigenvalue weighted by molar-refractivity contribution is -0.130. The topological polar surface area (TPSA) is 61.4 Å². The number of aryl methyl sites for hydroxylation is 1. The van der Waals surface area contributed by atoms with E-state index in [0.717, 1.165) is 48.2 Å². The molecule has 0 aromatic heterocycles.